The number of carbonyl (C=O) groups is 1. The van der Waals surface area contributed by atoms with Crippen LogP contribution in [-0.2, 0) is 14.3 Å². The highest BCUT2D eigenvalue weighted by Crippen LogP contribution is 2.28. The fourth-order valence-corrected chi connectivity index (χ4v) is 2.97. The number of methoxy groups -OCH3 is 1. The summed E-state index contributed by atoms with van der Waals surface area (Å²) in [5.74, 6) is -1.11. The number of amides is 1. The molecule has 1 amide bonds. The lowest BCUT2D eigenvalue weighted by Gasteiger charge is -2.38. The number of halogens is 1. The van der Waals surface area contributed by atoms with Gasteiger partial charge in [0.25, 0.3) is 0 Å². The quantitative estimate of drug-likeness (QED) is 0.506. The molecule has 1 aromatic rings. The molecule has 140 valence electrons. The third kappa shape index (κ3) is 5.28. The fourth-order valence-electron chi connectivity index (χ4n) is 2.54. The van der Waals surface area contributed by atoms with Crippen molar-refractivity contribution in [2.45, 2.75) is 25.7 Å². The number of hydrogen-bond donors (Lipinski definition) is 3. The van der Waals surface area contributed by atoms with Crippen LogP contribution in [0.5, 0.6) is 0 Å². The lowest BCUT2D eigenvalue weighted by molar-refractivity contribution is -0.194. The Labute approximate surface area is 163 Å². The molecule has 1 aromatic carbocycles. The summed E-state index contributed by atoms with van der Waals surface area (Å²) in [6.45, 7) is 3.81. The molecule has 0 saturated carbocycles. The SMILES string of the molecule is CCOC1(OC)C=CC(Cl)=CC1NC(=S)Nc1ccc(NC(C)=O)cc1. The number of carbonyl (C=O) groups excluding carboxylic acids is 1. The van der Waals surface area contributed by atoms with Crippen molar-refractivity contribution in [2.75, 3.05) is 24.4 Å². The number of thiocarbonyl (C=S) groups is 1. The summed E-state index contributed by atoms with van der Waals surface area (Å²) < 4.78 is 11.4. The van der Waals surface area contributed by atoms with Gasteiger partial charge in [-0.3, -0.25) is 4.79 Å². The first-order valence-electron chi connectivity index (χ1n) is 8.09. The summed E-state index contributed by atoms with van der Waals surface area (Å²) in [5.41, 5.74) is 1.49. The Morgan fingerprint density at radius 1 is 1.27 bits per heavy atom. The van der Waals surface area contributed by atoms with E-state index in [1.807, 2.05) is 19.1 Å². The molecule has 3 N–H and O–H groups in total. The largest absolute Gasteiger partial charge is 0.350 e. The highest BCUT2D eigenvalue weighted by molar-refractivity contribution is 7.80. The van der Waals surface area contributed by atoms with E-state index in [1.165, 1.54) is 6.92 Å². The summed E-state index contributed by atoms with van der Waals surface area (Å²) in [5, 5.41) is 9.91. The van der Waals surface area contributed by atoms with Crippen molar-refractivity contribution in [1.29, 1.82) is 0 Å². The molecule has 0 radical (unpaired) electrons. The molecule has 0 aliphatic heterocycles. The second-order valence-electron chi connectivity index (χ2n) is 5.58. The molecule has 2 unspecified atom stereocenters. The second-order valence-corrected chi connectivity index (χ2v) is 6.42. The molecule has 0 saturated heterocycles. The summed E-state index contributed by atoms with van der Waals surface area (Å²) in [4.78, 5) is 11.1. The van der Waals surface area contributed by atoms with Gasteiger partial charge in [-0.2, -0.15) is 0 Å². The van der Waals surface area contributed by atoms with Crippen LogP contribution in [0.2, 0.25) is 0 Å². The third-order valence-electron chi connectivity index (χ3n) is 3.67. The van der Waals surface area contributed by atoms with Gasteiger partial charge < -0.3 is 25.4 Å². The number of rotatable bonds is 6. The van der Waals surface area contributed by atoms with Crippen molar-refractivity contribution < 1.29 is 14.3 Å². The van der Waals surface area contributed by atoms with E-state index in [4.69, 9.17) is 33.3 Å². The highest BCUT2D eigenvalue weighted by Gasteiger charge is 2.39. The predicted octanol–water partition coefficient (Wildman–Crippen LogP) is 3.37. The van der Waals surface area contributed by atoms with Crippen LogP contribution in [0.25, 0.3) is 0 Å². The minimum absolute atomic E-state index is 0.122. The fraction of sp³-hybridized carbons (Fsp3) is 0.333. The molecule has 0 fully saturated rings. The molecule has 2 atom stereocenters. The van der Waals surface area contributed by atoms with Crippen LogP contribution >= 0.6 is 23.8 Å². The number of hydrogen-bond acceptors (Lipinski definition) is 4. The molecule has 2 rings (SSSR count). The minimum Gasteiger partial charge on any atom is -0.350 e. The first-order valence-corrected chi connectivity index (χ1v) is 8.88. The number of nitrogens with one attached hydrogen (secondary N) is 3. The molecule has 0 spiro atoms. The van der Waals surface area contributed by atoms with Gasteiger partial charge >= 0.3 is 0 Å². The maximum atomic E-state index is 11.1. The van der Waals surface area contributed by atoms with E-state index in [9.17, 15) is 4.79 Å². The molecular formula is C18H22ClN3O3S. The van der Waals surface area contributed by atoms with Gasteiger partial charge in [-0.25, -0.2) is 0 Å². The maximum Gasteiger partial charge on any atom is 0.221 e. The monoisotopic (exact) mass is 395 g/mol. The molecule has 26 heavy (non-hydrogen) atoms. The zero-order valence-electron chi connectivity index (χ0n) is 14.8. The Bertz CT molecular complexity index is 721. The van der Waals surface area contributed by atoms with Crippen LogP contribution < -0.4 is 16.0 Å². The Hall–Kier alpha value is -1.93. The lowest BCUT2D eigenvalue weighted by atomic mass is 10.0. The third-order valence-corrected chi connectivity index (χ3v) is 4.14. The molecular weight excluding hydrogens is 374 g/mol. The van der Waals surface area contributed by atoms with E-state index in [0.717, 1.165) is 5.69 Å². The van der Waals surface area contributed by atoms with Gasteiger partial charge in [0.05, 0.1) is 0 Å². The molecule has 8 heteroatoms. The number of allylic oxidation sites excluding steroid dienone is 2. The summed E-state index contributed by atoms with van der Waals surface area (Å²) >= 11 is 11.5. The van der Waals surface area contributed by atoms with Gasteiger partial charge in [0.1, 0.15) is 6.04 Å². The zero-order chi connectivity index (χ0) is 19.2. The van der Waals surface area contributed by atoms with Crippen molar-refractivity contribution in [1.82, 2.24) is 5.32 Å². The van der Waals surface area contributed by atoms with E-state index in [0.29, 0.717) is 22.4 Å². The summed E-state index contributed by atoms with van der Waals surface area (Å²) in [6, 6.07) is 6.80. The first kappa shape index (κ1) is 20.4. The average molecular weight is 396 g/mol. The Morgan fingerprint density at radius 2 is 1.88 bits per heavy atom. The Kier molecular flexibility index (Phi) is 7.16. The highest BCUT2D eigenvalue weighted by atomic mass is 35.5. The molecule has 0 heterocycles. The summed E-state index contributed by atoms with van der Waals surface area (Å²) in [6.07, 6.45) is 5.28. The van der Waals surface area contributed by atoms with Gasteiger partial charge in [0.15, 0.2) is 5.11 Å². The first-order chi connectivity index (χ1) is 12.4. The second kappa shape index (κ2) is 9.14. The minimum atomic E-state index is -0.992. The van der Waals surface area contributed by atoms with Gasteiger partial charge in [0, 0.05) is 37.0 Å². The van der Waals surface area contributed by atoms with Gasteiger partial charge in [-0.1, -0.05) is 11.6 Å². The van der Waals surface area contributed by atoms with Gasteiger partial charge in [0.2, 0.25) is 11.7 Å². The van der Waals surface area contributed by atoms with Crippen LogP contribution in [0.4, 0.5) is 11.4 Å². The van der Waals surface area contributed by atoms with Crippen LogP contribution in [0.1, 0.15) is 13.8 Å². The number of ether oxygens (including phenoxy) is 2. The molecule has 0 bridgehead atoms. The molecule has 6 nitrogen and oxygen atoms in total. The van der Waals surface area contributed by atoms with Crippen LogP contribution in [-0.4, -0.2) is 36.6 Å². The number of anilines is 2. The Morgan fingerprint density at radius 3 is 2.42 bits per heavy atom. The van der Waals surface area contributed by atoms with Crippen LogP contribution in [0, 0.1) is 0 Å². The average Bonchev–Trinajstić information content (AvgIpc) is 2.59. The van der Waals surface area contributed by atoms with E-state index >= 15 is 0 Å². The normalized spacial score (nSPS) is 21.7. The smallest absolute Gasteiger partial charge is 0.221 e. The van der Waals surface area contributed by atoms with Crippen molar-refractivity contribution >= 4 is 46.2 Å². The Balaban J connectivity index is 2.05. The summed E-state index contributed by atoms with van der Waals surface area (Å²) in [7, 11) is 1.57. The predicted molar refractivity (Wildman–Crippen MR) is 108 cm³/mol. The lowest BCUT2D eigenvalue weighted by Crippen LogP contribution is -2.55. The van der Waals surface area contributed by atoms with Crippen LogP contribution in [0.15, 0.2) is 47.5 Å². The van der Waals surface area contributed by atoms with E-state index in [2.05, 4.69) is 16.0 Å². The standard InChI is InChI=1S/C18H22ClN3O3S/c1-4-25-18(24-3)10-9-13(19)11-16(18)22-17(26)21-15-7-5-14(6-8-15)20-12(2)23/h5-11,16H,4H2,1-3H3,(H,20,23)(H2,21,22,26). The van der Waals surface area contributed by atoms with Crippen molar-refractivity contribution in [3.8, 4) is 0 Å². The van der Waals surface area contributed by atoms with E-state index in [-0.39, 0.29) is 5.91 Å². The zero-order valence-corrected chi connectivity index (χ0v) is 16.4. The van der Waals surface area contributed by atoms with Crippen molar-refractivity contribution in [3.63, 3.8) is 0 Å². The van der Waals surface area contributed by atoms with Gasteiger partial charge in [-0.05, 0) is 61.6 Å². The van der Waals surface area contributed by atoms with Crippen LogP contribution in [0.3, 0.4) is 0 Å². The maximum absolute atomic E-state index is 11.1. The van der Waals surface area contributed by atoms with E-state index in [1.54, 1.807) is 37.5 Å². The van der Waals surface area contributed by atoms with Crippen molar-refractivity contribution in [2.24, 2.45) is 0 Å². The van der Waals surface area contributed by atoms with Gasteiger partial charge in [-0.15, -0.1) is 0 Å². The van der Waals surface area contributed by atoms with Crippen molar-refractivity contribution in [3.05, 3.63) is 47.5 Å². The molecule has 0 aromatic heterocycles. The molecule has 1 aliphatic rings. The topological polar surface area (TPSA) is 71.6 Å². The molecule has 1 aliphatic carbocycles. The number of benzene rings is 1. The van der Waals surface area contributed by atoms with E-state index < -0.39 is 11.8 Å².